The normalized spacial score (nSPS) is 10.9. The predicted molar refractivity (Wildman–Crippen MR) is 90.6 cm³/mol. The van der Waals surface area contributed by atoms with Crippen molar-refractivity contribution in [2.45, 2.75) is 5.33 Å². The highest BCUT2D eigenvalue weighted by Gasteiger charge is 2.19. The van der Waals surface area contributed by atoms with Crippen LogP contribution in [0, 0.1) is 0 Å². The number of benzene rings is 2. The molecule has 3 rings (SSSR count). The lowest BCUT2D eigenvalue weighted by Crippen LogP contribution is -2.02. The molecule has 0 radical (unpaired) electrons. The first-order valence-corrected chi connectivity index (χ1v) is 8.10. The van der Waals surface area contributed by atoms with E-state index >= 15 is 0 Å². The number of hydrogen-bond acceptors (Lipinski definition) is 3. The second kappa shape index (κ2) is 6.15. The Hall–Kier alpha value is -1.78. The van der Waals surface area contributed by atoms with Crippen molar-refractivity contribution in [3.63, 3.8) is 0 Å². The molecule has 0 atom stereocenters. The van der Waals surface area contributed by atoms with E-state index in [-0.39, 0.29) is 0 Å². The van der Waals surface area contributed by atoms with Crippen LogP contribution in [0.25, 0.3) is 22.1 Å². The predicted octanol–water partition coefficient (Wildman–Crippen LogP) is 5.43. The molecule has 0 saturated carbocycles. The van der Waals surface area contributed by atoms with Gasteiger partial charge < -0.3 is 9.15 Å². The first-order chi connectivity index (χ1) is 10.7. The van der Waals surface area contributed by atoms with Crippen molar-refractivity contribution < 1.29 is 13.9 Å². The number of esters is 1. The summed E-state index contributed by atoms with van der Waals surface area (Å²) in [7, 11) is 1.36. The molecule has 0 aliphatic heterocycles. The number of furan rings is 1. The van der Waals surface area contributed by atoms with Crippen LogP contribution < -0.4 is 0 Å². The van der Waals surface area contributed by atoms with Gasteiger partial charge in [-0.3, -0.25) is 0 Å². The van der Waals surface area contributed by atoms with E-state index < -0.39 is 5.97 Å². The summed E-state index contributed by atoms with van der Waals surface area (Å²) in [6.07, 6.45) is 0. The second-order valence-electron chi connectivity index (χ2n) is 4.76. The lowest BCUT2D eigenvalue weighted by atomic mass is 10.0. The fourth-order valence-electron chi connectivity index (χ4n) is 2.40. The number of carbonyl (C=O) groups is 1. The SMILES string of the molecule is COC(=O)c1ccccc1-c1oc(Cl)c2cc(CBr)ccc12. The highest BCUT2D eigenvalue weighted by atomic mass is 79.9. The lowest BCUT2D eigenvalue weighted by molar-refractivity contribution is 0.0601. The standard InChI is InChI=1S/C17H12BrClO3/c1-21-17(20)13-5-3-2-4-11(13)15-12-7-6-10(9-18)8-14(12)16(19)22-15/h2-8H,9H2,1H3. The van der Waals surface area contributed by atoms with Gasteiger partial charge in [0.15, 0.2) is 0 Å². The maximum absolute atomic E-state index is 11.9. The minimum absolute atomic E-state index is 0.312. The van der Waals surface area contributed by atoms with Gasteiger partial charge in [0.25, 0.3) is 0 Å². The van der Waals surface area contributed by atoms with Gasteiger partial charge >= 0.3 is 5.97 Å². The van der Waals surface area contributed by atoms with Gasteiger partial charge in [0.05, 0.1) is 12.7 Å². The molecule has 112 valence electrons. The molecule has 0 N–H and O–H groups in total. The zero-order chi connectivity index (χ0) is 15.7. The number of ether oxygens (including phenoxy) is 1. The van der Waals surface area contributed by atoms with E-state index in [9.17, 15) is 4.79 Å². The van der Waals surface area contributed by atoms with Gasteiger partial charge in [0.2, 0.25) is 5.22 Å². The number of fused-ring (bicyclic) bond motifs is 1. The van der Waals surface area contributed by atoms with Crippen molar-refractivity contribution >= 4 is 44.3 Å². The second-order valence-corrected chi connectivity index (χ2v) is 5.66. The molecule has 0 aliphatic rings. The first kappa shape index (κ1) is 15.1. The Balaban J connectivity index is 2.26. The van der Waals surface area contributed by atoms with Gasteiger partial charge in [-0.15, -0.1) is 0 Å². The topological polar surface area (TPSA) is 39.4 Å². The quantitative estimate of drug-likeness (QED) is 0.449. The number of carbonyl (C=O) groups excluding carboxylic acids is 1. The number of hydrogen-bond donors (Lipinski definition) is 0. The van der Waals surface area contributed by atoms with Gasteiger partial charge in [-0.1, -0.05) is 46.3 Å². The molecule has 2 aromatic carbocycles. The van der Waals surface area contributed by atoms with Crippen molar-refractivity contribution in [2.75, 3.05) is 7.11 Å². The molecule has 0 saturated heterocycles. The monoisotopic (exact) mass is 378 g/mol. The maximum atomic E-state index is 11.9. The minimum Gasteiger partial charge on any atom is -0.465 e. The van der Waals surface area contributed by atoms with Crippen molar-refractivity contribution in [1.29, 1.82) is 0 Å². The van der Waals surface area contributed by atoms with Gasteiger partial charge in [0, 0.05) is 21.7 Å². The molecular formula is C17H12BrClO3. The molecule has 0 bridgehead atoms. The number of alkyl halides is 1. The van der Waals surface area contributed by atoms with Crippen molar-refractivity contribution in [1.82, 2.24) is 0 Å². The van der Waals surface area contributed by atoms with Gasteiger partial charge in [-0.05, 0) is 29.3 Å². The zero-order valence-electron chi connectivity index (χ0n) is 11.7. The summed E-state index contributed by atoms with van der Waals surface area (Å²) in [5.41, 5.74) is 2.21. The summed E-state index contributed by atoms with van der Waals surface area (Å²) in [5, 5.41) is 2.74. The van der Waals surface area contributed by atoms with E-state index in [0.717, 1.165) is 21.7 Å². The zero-order valence-corrected chi connectivity index (χ0v) is 14.1. The van der Waals surface area contributed by atoms with E-state index in [1.54, 1.807) is 12.1 Å². The van der Waals surface area contributed by atoms with E-state index in [4.69, 9.17) is 20.8 Å². The van der Waals surface area contributed by atoms with Crippen LogP contribution in [0.15, 0.2) is 46.9 Å². The summed E-state index contributed by atoms with van der Waals surface area (Å²) in [5.74, 6) is 0.162. The van der Waals surface area contributed by atoms with Crippen LogP contribution in [0.5, 0.6) is 0 Å². The van der Waals surface area contributed by atoms with Gasteiger partial charge in [0.1, 0.15) is 5.76 Å². The molecule has 3 nitrogen and oxygen atoms in total. The van der Waals surface area contributed by atoms with Crippen LogP contribution in [-0.4, -0.2) is 13.1 Å². The number of methoxy groups -OCH3 is 1. The van der Waals surface area contributed by atoms with Crippen LogP contribution in [0.3, 0.4) is 0 Å². The average molecular weight is 380 g/mol. The van der Waals surface area contributed by atoms with E-state index in [1.165, 1.54) is 7.11 Å². The lowest BCUT2D eigenvalue weighted by Gasteiger charge is -2.05. The number of rotatable bonds is 3. The highest BCUT2D eigenvalue weighted by molar-refractivity contribution is 9.08. The summed E-state index contributed by atoms with van der Waals surface area (Å²) >= 11 is 9.65. The molecule has 1 aromatic heterocycles. The molecule has 1 heterocycles. The van der Waals surface area contributed by atoms with Crippen molar-refractivity contribution in [3.05, 3.63) is 58.8 Å². The summed E-state index contributed by atoms with van der Waals surface area (Å²) in [6, 6.07) is 13.1. The third kappa shape index (κ3) is 2.53. The van der Waals surface area contributed by atoms with Crippen molar-refractivity contribution in [3.8, 4) is 11.3 Å². The third-order valence-electron chi connectivity index (χ3n) is 3.46. The Bertz CT molecular complexity index is 854. The van der Waals surface area contributed by atoms with Gasteiger partial charge in [-0.25, -0.2) is 4.79 Å². The molecule has 22 heavy (non-hydrogen) atoms. The van der Waals surface area contributed by atoms with Gasteiger partial charge in [-0.2, -0.15) is 0 Å². The molecule has 0 spiro atoms. The fourth-order valence-corrected chi connectivity index (χ4v) is 2.99. The Morgan fingerprint density at radius 3 is 2.73 bits per heavy atom. The third-order valence-corrected chi connectivity index (χ3v) is 4.39. The van der Waals surface area contributed by atoms with Crippen LogP contribution >= 0.6 is 27.5 Å². The Morgan fingerprint density at radius 1 is 1.23 bits per heavy atom. The maximum Gasteiger partial charge on any atom is 0.338 e. The molecule has 0 fully saturated rings. The molecule has 0 aliphatic carbocycles. The Morgan fingerprint density at radius 2 is 2.00 bits per heavy atom. The summed E-state index contributed by atoms with van der Waals surface area (Å²) < 4.78 is 10.6. The first-order valence-electron chi connectivity index (χ1n) is 6.60. The average Bonchev–Trinajstić information content (AvgIpc) is 2.90. The van der Waals surface area contributed by atoms with E-state index in [1.807, 2.05) is 30.3 Å². The molecular weight excluding hydrogens is 368 g/mol. The minimum atomic E-state index is -0.409. The van der Waals surface area contributed by atoms with E-state index in [2.05, 4.69) is 15.9 Å². The Kier molecular flexibility index (Phi) is 4.23. The van der Waals surface area contributed by atoms with E-state index in [0.29, 0.717) is 22.1 Å². The highest BCUT2D eigenvalue weighted by Crippen LogP contribution is 2.38. The van der Waals surface area contributed by atoms with Crippen LogP contribution in [0.2, 0.25) is 5.22 Å². The smallest absolute Gasteiger partial charge is 0.338 e. The van der Waals surface area contributed by atoms with Crippen LogP contribution in [0.4, 0.5) is 0 Å². The molecule has 3 aromatic rings. The summed E-state index contributed by atoms with van der Waals surface area (Å²) in [6.45, 7) is 0. The number of halogens is 2. The Labute approximate surface area is 141 Å². The molecule has 0 amide bonds. The summed E-state index contributed by atoms with van der Waals surface area (Å²) in [4.78, 5) is 11.9. The molecule has 0 unspecified atom stereocenters. The van der Waals surface area contributed by atoms with Crippen molar-refractivity contribution in [2.24, 2.45) is 0 Å². The van der Waals surface area contributed by atoms with Crippen LogP contribution in [0.1, 0.15) is 15.9 Å². The molecule has 5 heteroatoms. The van der Waals surface area contributed by atoms with Crippen LogP contribution in [-0.2, 0) is 10.1 Å². The largest absolute Gasteiger partial charge is 0.465 e. The fraction of sp³-hybridized carbons (Fsp3) is 0.118.